The third-order valence-electron chi connectivity index (χ3n) is 3.01. The predicted octanol–water partition coefficient (Wildman–Crippen LogP) is 3.36. The van der Waals surface area contributed by atoms with Crippen LogP contribution >= 0.6 is 11.3 Å². The second kappa shape index (κ2) is 4.97. The summed E-state index contributed by atoms with van der Waals surface area (Å²) >= 11 is 1.61. The van der Waals surface area contributed by atoms with Crippen molar-refractivity contribution in [2.45, 2.75) is 6.92 Å². The van der Waals surface area contributed by atoms with Crippen molar-refractivity contribution in [3.05, 3.63) is 34.5 Å². The minimum Gasteiger partial charge on any atom is -0.497 e. The Morgan fingerprint density at radius 3 is 2.75 bits per heavy atom. The molecule has 0 fully saturated rings. The summed E-state index contributed by atoms with van der Waals surface area (Å²) in [5.41, 5.74) is 9.34. The molecule has 2 N–H and O–H groups in total. The third kappa shape index (κ3) is 2.14. The molecule has 0 amide bonds. The fourth-order valence-electron chi connectivity index (χ4n) is 1.89. The van der Waals surface area contributed by atoms with Crippen LogP contribution in [0.3, 0.4) is 0 Å². The second-order valence-electron chi connectivity index (χ2n) is 4.34. The van der Waals surface area contributed by atoms with Crippen molar-refractivity contribution in [2.75, 3.05) is 12.8 Å². The van der Waals surface area contributed by atoms with Gasteiger partial charge in [-0.15, -0.1) is 0 Å². The molecule has 0 aliphatic heterocycles. The standard InChI is InChI=1S/C14H13N3O2S/c1-8-6-20-7-11(8)13-16-14(19-17-13)10-4-3-9(18-2)5-12(10)15/h3-7H,15H2,1-2H3. The van der Waals surface area contributed by atoms with E-state index >= 15 is 0 Å². The van der Waals surface area contributed by atoms with Crippen LogP contribution in [0.5, 0.6) is 5.75 Å². The van der Waals surface area contributed by atoms with E-state index in [9.17, 15) is 0 Å². The maximum absolute atomic E-state index is 5.98. The fourth-order valence-corrected chi connectivity index (χ4v) is 2.72. The number of hydrogen-bond donors (Lipinski definition) is 1. The van der Waals surface area contributed by atoms with Gasteiger partial charge in [-0.05, 0) is 30.0 Å². The molecule has 3 rings (SSSR count). The van der Waals surface area contributed by atoms with Crippen LogP contribution in [-0.2, 0) is 0 Å². The highest BCUT2D eigenvalue weighted by molar-refractivity contribution is 7.08. The molecule has 0 saturated carbocycles. The number of aryl methyl sites for hydroxylation is 1. The summed E-state index contributed by atoms with van der Waals surface area (Å²) in [6.07, 6.45) is 0. The van der Waals surface area contributed by atoms with E-state index in [-0.39, 0.29) is 0 Å². The Bertz CT molecular complexity index is 748. The van der Waals surface area contributed by atoms with E-state index in [0.29, 0.717) is 28.7 Å². The quantitative estimate of drug-likeness (QED) is 0.748. The van der Waals surface area contributed by atoms with E-state index in [0.717, 1.165) is 11.1 Å². The molecule has 0 atom stereocenters. The number of aromatic nitrogens is 2. The van der Waals surface area contributed by atoms with Gasteiger partial charge in [-0.25, -0.2) is 0 Å². The molecule has 0 spiro atoms. The van der Waals surface area contributed by atoms with Gasteiger partial charge in [0, 0.05) is 22.7 Å². The van der Waals surface area contributed by atoms with Crippen LogP contribution in [0.15, 0.2) is 33.5 Å². The van der Waals surface area contributed by atoms with Crippen LogP contribution in [0.25, 0.3) is 22.8 Å². The van der Waals surface area contributed by atoms with Gasteiger partial charge >= 0.3 is 0 Å². The van der Waals surface area contributed by atoms with Gasteiger partial charge in [-0.3, -0.25) is 0 Å². The monoisotopic (exact) mass is 287 g/mol. The zero-order chi connectivity index (χ0) is 14.1. The van der Waals surface area contributed by atoms with Crippen LogP contribution in [0.4, 0.5) is 5.69 Å². The first-order valence-corrected chi connectivity index (χ1v) is 6.94. The summed E-state index contributed by atoms with van der Waals surface area (Å²) in [5.74, 6) is 1.68. The van der Waals surface area contributed by atoms with Gasteiger partial charge in [0.25, 0.3) is 5.89 Å². The minimum atomic E-state index is 0.408. The molecule has 6 heteroatoms. The summed E-state index contributed by atoms with van der Waals surface area (Å²) in [4.78, 5) is 4.41. The molecule has 0 aliphatic rings. The van der Waals surface area contributed by atoms with Crippen molar-refractivity contribution in [1.82, 2.24) is 10.1 Å². The first kappa shape index (κ1) is 12.7. The van der Waals surface area contributed by atoms with Crippen LogP contribution in [0.2, 0.25) is 0 Å². The maximum atomic E-state index is 5.98. The van der Waals surface area contributed by atoms with E-state index in [1.165, 1.54) is 0 Å². The van der Waals surface area contributed by atoms with Gasteiger partial charge in [0.1, 0.15) is 5.75 Å². The van der Waals surface area contributed by atoms with Crippen LogP contribution in [0.1, 0.15) is 5.56 Å². The number of ether oxygens (including phenoxy) is 1. The minimum absolute atomic E-state index is 0.408. The molecule has 0 bridgehead atoms. The number of rotatable bonds is 3. The molecular weight excluding hydrogens is 274 g/mol. The van der Waals surface area contributed by atoms with Crippen LogP contribution in [-0.4, -0.2) is 17.3 Å². The average molecular weight is 287 g/mol. The first-order valence-electron chi connectivity index (χ1n) is 6.00. The van der Waals surface area contributed by atoms with Crippen molar-refractivity contribution in [2.24, 2.45) is 0 Å². The number of hydrogen-bond acceptors (Lipinski definition) is 6. The van der Waals surface area contributed by atoms with Gasteiger partial charge in [-0.1, -0.05) is 5.16 Å². The number of nitrogen functional groups attached to an aromatic ring is 1. The van der Waals surface area contributed by atoms with E-state index in [2.05, 4.69) is 10.1 Å². The largest absolute Gasteiger partial charge is 0.497 e. The highest BCUT2D eigenvalue weighted by atomic mass is 32.1. The normalized spacial score (nSPS) is 10.7. The zero-order valence-corrected chi connectivity index (χ0v) is 11.9. The molecule has 2 aromatic heterocycles. The Labute approximate surface area is 120 Å². The lowest BCUT2D eigenvalue weighted by molar-refractivity contribution is 0.414. The lowest BCUT2D eigenvalue weighted by Gasteiger charge is -2.03. The van der Waals surface area contributed by atoms with Gasteiger partial charge < -0.3 is 15.0 Å². The third-order valence-corrected chi connectivity index (χ3v) is 3.87. The average Bonchev–Trinajstić information content (AvgIpc) is 3.07. The van der Waals surface area contributed by atoms with Crippen molar-refractivity contribution in [1.29, 1.82) is 0 Å². The zero-order valence-electron chi connectivity index (χ0n) is 11.1. The number of nitrogens with two attached hydrogens (primary N) is 1. The van der Waals surface area contributed by atoms with E-state index < -0.39 is 0 Å². The first-order chi connectivity index (χ1) is 9.69. The van der Waals surface area contributed by atoms with Crippen LogP contribution in [0, 0.1) is 6.92 Å². The molecular formula is C14H13N3O2S. The lowest BCUT2D eigenvalue weighted by atomic mass is 10.1. The number of nitrogens with zero attached hydrogens (tertiary/aromatic N) is 2. The second-order valence-corrected chi connectivity index (χ2v) is 5.09. The van der Waals surface area contributed by atoms with Crippen molar-refractivity contribution < 1.29 is 9.26 Å². The summed E-state index contributed by atoms with van der Waals surface area (Å²) in [5, 5.41) is 8.06. The molecule has 3 aromatic rings. The highest BCUT2D eigenvalue weighted by Gasteiger charge is 2.15. The van der Waals surface area contributed by atoms with E-state index in [1.54, 1.807) is 24.5 Å². The number of anilines is 1. The van der Waals surface area contributed by atoms with Crippen molar-refractivity contribution >= 4 is 17.0 Å². The Kier molecular flexibility index (Phi) is 3.15. The topological polar surface area (TPSA) is 74.2 Å². The fraction of sp³-hybridized carbons (Fsp3) is 0.143. The van der Waals surface area contributed by atoms with E-state index in [1.807, 2.05) is 29.8 Å². The molecule has 0 saturated heterocycles. The number of thiophene rings is 1. The molecule has 1 aromatic carbocycles. The molecule has 0 radical (unpaired) electrons. The number of methoxy groups -OCH3 is 1. The lowest BCUT2D eigenvalue weighted by Crippen LogP contribution is -1.92. The van der Waals surface area contributed by atoms with Gasteiger partial charge in [0.2, 0.25) is 5.82 Å². The molecule has 2 heterocycles. The van der Waals surface area contributed by atoms with Gasteiger partial charge in [0.05, 0.1) is 12.7 Å². The predicted molar refractivity (Wildman–Crippen MR) is 78.7 cm³/mol. The Balaban J connectivity index is 2.00. The maximum Gasteiger partial charge on any atom is 0.260 e. The Hall–Kier alpha value is -2.34. The summed E-state index contributed by atoms with van der Waals surface area (Å²) in [6, 6.07) is 5.35. The highest BCUT2D eigenvalue weighted by Crippen LogP contribution is 2.31. The summed E-state index contributed by atoms with van der Waals surface area (Å²) in [7, 11) is 1.60. The SMILES string of the molecule is COc1ccc(-c2nc(-c3cscc3C)no2)c(N)c1. The number of benzene rings is 1. The Morgan fingerprint density at radius 1 is 1.25 bits per heavy atom. The summed E-state index contributed by atoms with van der Waals surface area (Å²) in [6.45, 7) is 2.02. The van der Waals surface area contributed by atoms with Crippen molar-refractivity contribution in [3.8, 4) is 28.6 Å². The van der Waals surface area contributed by atoms with Gasteiger partial charge in [0.15, 0.2) is 0 Å². The van der Waals surface area contributed by atoms with Crippen molar-refractivity contribution in [3.63, 3.8) is 0 Å². The van der Waals surface area contributed by atoms with Gasteiger partial charge in [-0.2, -0.15) is 16.3 Å². The molecule has 20 heavy (non-hydrogen) atoms. The molecule has 5 nitrogen and oxygen atoms in total. The van der Waals surface area contributed by atoms with Crippen LogP contribution < -0.4 is 10.5 Å². The Morgan fingerprint density at radius 2 is 2.10 bits per heavy atom. The molecule has 102 valence electrons. The summed E-state index contributed by atoms with van der Waals surface area (Å²) < 4.78 is 10.4. The molecule has 0 unspecified atom stereocenters. The molecule has 0 aliphatic carbocycles. The van der Waals surface area contributed by atoms with E-state index in [4.69, 9.17) is 15.0 Å². The smallest absolute Gasteiger partial charge is 0.260 e.